The molecular weight excluding hydrogens is 300 g/mol. The molecule has 4 rings (SSSR count). The van der Waals surface area contributed by atoms with Crippen LogP contribution in [0.5, 0.6) is 0 Å². The number of hydrogen-bond donors (Lipinski definition) is 4. The van der Waals surface area contributed by atoms with Gasteiger partial charge in [-0.15, -0.1) is 0 Å². The van der Waals surface area contributed by atoms with E-state index in [0.717, 1.165) is 10.9 Å². The lowest BCUT2D eigenvalue weighted by atomic mass is 10.1. The van der Waals surface area contributed by atoms with Gasteiger partial charge in [-0.3, -0.25) is 0 Å². The van der Waals surface area contributed by atoms with Crippen LogP contribution in [-0.4, -0.2) is 59.8 Å². The smallest absolute Gasteiger partial charge is 0.164 e. The Morgan fingerprint density at radius 3 is 2.83 bits per heavy atom. The molecule has 1 saturated heterocycles. The standard InChI is InChI=1S/C15H16N4O4/c20-7-10-11(21)12(22)15(23-10)19-4-2-9-6-17-13(18-14(9)19)8-1-3-16-5-8/h1-6,10-12,15-16,20-22H,7H2/t10-,11-,12-,15-/m1/s1. The number of aromatic amines is 1. The fourth-order valence-electron chi connectivity index (χ4n) is 2.85. The summed E-state index contributed by atoms with van der Waals surface area (Å²) in [6.45, 7) is -0.364. The van der Waals surface area contributed by atoms with Crippen LogP contribution in [0, 0.1) is 0 Å². The van der Waals surface area contributed by atoms with Crippen molar-refractivity contribution >= 4 is 11.0 Å². The molecule has 8 nitrogen and oxygen atoms in total. The zero-order chi connectivity index (χ0) is 16.0. The predicted molar refractivity (Wildman–Crippen MR) is 80.3 cm³/mol. The second-order valence-electron chi connectivity index (χ2n) is 5.52. The Labute approximate surface area is 131 Å². The summed E-state index contributed by atoms with van der Waals surface area (Å²) in [5, 5.41) is 30.1. The van der Waals surface area contributed by atoms with Crippen molar-refractivity contribution in [3.05, 3.63) is 36.9 Å². The monoisotopic (exact) mass is 316 g/mol. The fraction of sp³-hybridized carbons (Fsp3) is 0.333. The minimum absolute atomic E-state index is 0.364. The zero-order valence-electron chi connectivity index (χ0n) is 12.1. The molecule has 8 heteroatoms. The van der Waals surface area contributed by atoms with Gasteiger partial charge in [-0.05, 0) is 12.1 Å². The largest absolute Gasteiger partial charge is 0.394 e. The molecule has 3 aromatic rings. The van der Waals surface area contributed by atoms with Gasteiger partial charge in [-0.1, -0.05) is 0 Å². The van der Waals surface area contributed by atoms with E-state index in [9.17, 15) is 15.3 Å². The van der Waals surface area contributed by atoms with Crippen molar-refractivity contribution in [1.29, 1.82) is 0 Å². The van der Waals surface area contributed by atoms with Crippen molar-refractivity contribution in [3.8, 4) is 11.4 Å². The molecule has 0 amide bonds. The lowest BCUT2D eigenvalue weighted by Gasteiger charge is -2.17. The van der Waals surface area contributed by atoms with Gasteiger partial charge in [-0.25, -0.2) is 9.97 Å². The average molecular weight is 316 g/mol. The third kappa shape index (κ3) is 2.23. The molecule has 0 aromatic carbocycles. The zero-order valence-corrected chi connectivity index (χ0v) is 12.1. The van der Waals surface area contributed by atoms with Gasteiger partial charge in [0.05, 0.1) is 6.61 Å². The number of hydrogen-bond acceptors (Lipinski definition) is 6. The molecule has 0 radical (unpaired) electrons. The van der Waals surface area contributed by atoms with E-state index >= 15 is 0 Å². The molecular formula is C15H16N4O4. The van der Waals surface area contributed by atoms with E-state index in [1.807, 2.05) is 12.1 Å². The second kappa shape index (κ2) is 5.43. The Hall–Kier alpha value is -2.26. The molecule has 3 aromatic heterocycles. The number of fused-ring (bicyclic) bond motifs is 1. The molecule has 1 aliphatic heterocycles. The van der Waals surface area contributed by atoms with Crippen LogP contribution >= 0.6 is 0 Å². The van der Waals surface area contributed by atoms with E-state index in [1.54, 1.807) is 29.4 Å². The lowest BCUT2D eigenvalue weighted by Crippen LogP contribution is -2.33. The predicted octanol–water partition coefficient (Wildman–Crippen LogP) is 0.0379. The first-order chi connectivity index (χ1) is 11.2. The Balaban J connectivity index is 1.77. The Bertz CT molecular complexity index is 816. The number of nitrogens with one attached hydrogen (secondary N) is 1. The molecule has 4 N–H and O–H groups in total. The Morgan fingerprint density at radius 2 is 2.13 bits per heavy atom. The number of rotatable bonds is 3. The molecule has 0 saturated carbocycles. The normalized spacial score (nSPS) is 27.8. The summed E-state index contributed by atoms with van der Waals surface area (Å²) in [4.78, 5) is 11.8. The SMILES string of the molecule is OC[C@H]1O[C@@H](n2ccc3cnc(-c4cc[nH]c4)nc32)[C@H](O)[C@@H]1O. The molecule has 0 unspecified atom stereocenters. The van der Waals surface area contributed by atoms with Crippen molar-refractivity contribution in [2.75, 3.05) is 6.61 Å². The van der Waals surface area contributed by atoms with Gasteiger partial charge in [-0.2, -0.15) is 0 Å². The van der Waals surface area contributed by atoms with E-state index in [1.165, 1.54) is 0 Å². The molecule has 0 aliphatic carbocycles. The quantitative estimate of drug-likeness (QED) is 0.542. The maximum Gasteiger partial charge on any atom is 0.164 e. The van der Waals surface area contributed by atoms with E-state index in [4.69, 9.17) is 4.74 Å². The summed E-state index contributed by atoms with van der Waals surface area (Å²) in [7, 11) is 0. The summed E-state index contributed by atoms with van der Waals surface area (Å²) in [5.41, 5.74) is 1.44. The van der Waals surface area contributed by atoms with Gasteiger partial charge in [0.25, 0.3) is 0 Å². The molecule has 0 bridgehead atoms. The summed E-state index contributed by atoms with van der Waals surface area (Å²) in [5.74, 6) is 0.547. The third-order valence-electron chi connectivity index (χ3n) is 4.10. The molecule has 1 aliphatic rings. The maximum atomic E-state index is 10.2. The van der Waals surface area contributed by atoms with E-state index < -0.39 is 24.5 Å². The van der Waals surface area contributed by atoms with Crippen LogP contribution in [0.4, 0.5) is 0 Å². The Morgan fingerprint density at radius 1 is 1.26 bits per heavy atom. The first-order valence-electron chi connectivity index (χ1n) is 7.28. The molecule has 1 fully saturated rings. The first-order valence-corrected chi connectivity index (χ1v) is 7.28. The molecule has 120 valence electrons. The molecule has 4 heterocycles. The van der Waals surface area contributed by atoms with Crippen molar-refractivity contribution in [2.24, 2.45) is 0 Å². The van der Waals surface area contributed by atoms with Gasteiger partial charge < -0.3 is 29.6 Å². The highest BCUT2D eigenvalue weighted by molar-refractivity contribution is 5.77. The van der Waals surface area contributed by atoms with Crippen LogP contribution in [0.1, 0.15) is 6.23 Å². The van der Waals surface area contributed by atoms with Gasteiger partial charge in [0.15, 0.2) is 12.1 Å². The van der Waals surface area contributed by atoms with Crippen LogP contribution < -0.4 is 0 Å². The topological polar surface area (TPSA) is 116 Å². The first kappa shape index (κ1) is 14.3. The summed E-state index contributed by atoms with van der Waals surface area (Å²) in [6, 6.07) is 3.67. The van der Waals surface area contributed by atoms with Crippen molar-refractivity contribution in [3.63, 3.8) is 0 Å². The van der Waals surface area contributed by atoms with Gasteiger partial charge in [0.2, 0.25) is 0 Å². The minimum atomic E-state index is -1.14. The summed E-state index contributed by atoms with van der Waals surface area (Å²) < 4.78 is 7.21. The number of aromatic nitrogens is 4. The van der Waals surface area contributed by atoms with Gasteiger partial charge >= 0.3 is 0 Å². The van der Waals surface area contributed by atoms with Gasteiger partial charge in [0, 0.05) is 35.7 Å². The number of nitrogens with zero attached hydrogens (tertiary/aromatic N) is 3. The van der Waals surface area contributed by atoms with Crippen molar-refractivity contribution < 1.29 is 20.1 Å². The van der Waals surface area contributed by atoms with Crippen molar-refractivity contribution in [2.45, 2.75) is 24.5 Å². The number of ether oxygens (including phenoxy) is 1. The van der Waals surface area contributed by atoms with Crippen molar-refractivity contribution in [1.82, 2.24) is 19.5 Å². The van der Waals surface area contributed by atoms with E-state index in [2.05, 4.69) is 15.0 Å². The number of aliphatic hydroxyl groups excluding tert-OH is 3. The third-order valence-corrected chi connectivity index (χ3v) is 4.10. The fourth-order valence-corrected chi connectivity index (χ4v) is 2.85. The molecule has 0 spiro atoms. The minimum Gasteiger partial charge on any atom is -0.394 e. The van der Waals surface area contributed by atoms with Crippen LogP contribution in [0.25, 0.3) is 22.4 Å². The molecule has 23 heavy (non-hydrogen) atoms. The van der Waals surface area contributed by atoms with Crippen LogP contribution in [0.15, 0.2) is 36.9 Å². The van der Waals surface area contributed by atoms with Crippen LogP contribution in [-0.2, 0) is 4.74 Å². The summed E-state index contributed by atoms with van der Waals surface area (Å²) >= 11 is 0. The lowest BCUT2D eigenvalue weighted by molar-refractivity contribution is -0.0508. The number of H-pyrrole nitrogens is 1. The molecule has 4 atom stereocenters. The second-order valence-corrected chi connectivity index (χ2v) is 5.52. The Kier molecular flexibility index (Phi) is 3.38. The number of aliphatic hydroxyl groups is 3. The highest BCUT2D eigenvalue weighted by Gasteiger charge is 2.43. The van der Waals surface area contributed by atoms with Crippen LogP contribution in [0.3, 0.4) is 0 Å². The maximum absolute atomic E-state index is 10.2. The van der Waals surface area contributed by atoms with E-state index in [-0.39, 0.29) is 6.61 Å². The van der Waals surface area contributed by atoms with Gasteiger partial charge in [0.1, 0.15) is 24.0 Å². The highest BCUT2D eigenvalue weighted by atomic mass is 16.6. The van der Waals surface area contributed by atoms with Crippen LogP contribution in [0.2, 0.25) is 0 Å². The van der Waals surface area contributed by atoms with E-state index in [0.29, 0.717) is 11.5 Å². The average Bonchev–Trinajstić information content (AvgIpc) is 3.28. The summed E-state index contributed by atoms with van der Waals surface area (Å²) in [6.07, 6.45) is 3.08. The highest BCUT2D eigenvalue weighted by Crippen LogP contribution is 2.32.